The summed E-state index contributed by atoms with van der Waals surface area (Å²) >= 11 is 0. The van der Waals surface area contributed by atoms with E-state index in [-0.39, 0.29) is 12.7 Å². The van der Waals surface area contributed by atoms with Crippen molar-refractivity contribution < 1.29 is 28.0 Å². The molecular formula is C18H30NO6P. The van der Waals surface area contributed by atoms with Gasteiger partial charge in [-0.15, -0.1) is 11.8 Å². The number of carbonyl (C=O) groups is 1. The molecule has 3 atom stereocenters. The van der Waals surface area contributed by atoms with Gasteiger partial charge in [-0.2, -0.15) is 0 Å². The van der Waals surface area contributed by atoms with E-state index in [1.54, 1.807) is 0 Å². The summed E-state index contributed by atoms with van der Waals surface area (Å²) in [6, 6.07) is 0. The van der Waals surface area contributed by atoms with Crippen molar-refractivity contribution in [2.45, 2.75) is 51.4 Å². The van der Waals surface area contributed by atoms with Gasteiger partial charge in [0.15, 0.2) is 0 Å². The maximum atomic E-state index is 11.7. The first kappa shape index (κ1) is 21.2. The number of phosphoric acid groups is 1. The van der Waals surface area contributed by atoms with Crippen LogP contribution in [0, 0.1) is 29.6 Å². The minimum atomic E-state index is -3.85. The summed E-state index contributed by atoms with van der Waals surface area (Å²) in [7, 11) is -2.72. The molecule has 2 aliphatic rings. The number of rotatable bonds is 11. The van der Waals surface area contributed by atoms with Crippen LogP contribution >= 0.6 is 7.82 Å². The summed E-state index contributed by atoms with van der Waals surface area (Å²) in [5.41, 5.74) is 0. The average Bonchev–Trinajstić information content (AvgIpc) is 3.24. The summed E-state index contributed by atoms with van der Waals surface area (Å²) in [4.78, 5) is 20.8. The lowest BCUT2D eigenvalue weighted by atomic mass is 10.1. The lowest BCUT2D eigenvalue weighted by molar-refractivity contribution is 0.137. The first-order valence-corrected chi connectivity index (χ1v) is 10.9. The quantitative estimate of drug-likeness (QED) is 0.320. The standard InChI is InChI=1S/C18H30NO6P/c1-23-26(21,22)25-13-9-5-4-8-12-19-18(20)24-14-17-15-10-6-2-3-7-11-16(15)17/h15-17H,4-14H2,1H3,(H,19,20)(H,21,22). The van der Waals surface area contributed by atoms with Crippen LogP contribution in [0.25, 0.3) is 0 Å². The molecule has 2 N–H and O–H groups in total. The molecule has 0 aliphatic heterocycles. The highest BCUT2D eigenvalue weighted by Gasteiger charge is 2.49. The van der Waals surface area contributed by atoms with Crippen molar-refractivity contribution in [3.63, 3.8) is 0 Å². The van der Waals surface area contributed by atoms with E-state index < -0.39 is 7.82 Å². The van der Waals surface area contributed by atoms with E-state index in [0.29, 0.717) is 37.3 Å². The topological polar surface area (TPSA) is 94.1 Å². The van der Waals surface area contributed by atoms with Crippen LogP contribution in [0.3, 0.4) is 0 Å². The summed E-state index contributed by atoms with van der Waals surface area (Å²) in [6.45, 7) is 1.27. The zero-order valence-corrected chi connectivity index (χ0v) is 16.3. The molecular weight excluding hydrogens is 357 g/mol. The van der Waals surface area contributed by atoms with Crippen LogP contribution in [-0.4, -0.2) is 37.9 Å². The number of hydrogen-bond donors (Lipinski definition) is 2. The van der Waals surface area contributed by atoms with Crippen molar-refractivity contribution in [1.82, 2.24) is 5.32 Å². The number of amides is 1. The number of ether oxygens (including phenoxy) is 1. The molecule has 0 spiro atoms. The van der Waals surface area contributed by atoms with E-state index in [1.807, 2.05) is 0 Å². The van der Waals surface area contributed by atoms with Gasteiger partial charge in [-0.3, -0.25) is 9.05 Å². The van der Waals surface area contributed by atoms with Gasteiger partial charge in [-0.05, 0) is 43.4 Å². The Hall–Kier alpha value is -1.06. The van der Waals surface area contributed by atoms with Gasteiger partial charge >= 0.3 is 13.9 Å². The third-order valence-electron chi connectivity index (χ3n) is 5.07. The third kappa shape index (κ3) is 7.67. The molecule has 0 bridgehead atoms. The van der Waals surface area contributed by atoms with Crippen molar-refractivity contribution in [2.24, 2.45) is 17.8 Å². The van der Waals surface area contributed by atoms with Crippen LogP contribution in [0.2, 0.25) is 0 Å². The zero-order chi connectivity index (χ0) is 18.8. The Morgan fingerprint density at radius 1 is 1.15 bits per heavy atom. The maximum absolute atomic E-state index is 11.7. The van der Waals surface area contributed by atoms with Crippen molar-refractivity contribution in [1.29, 1.82) is 0 Å². The molecule has 2 rings (SSSR count). The molecule has 0 radical (unpaired) electrons. The second-order valence-corrected chi connectivity index (χ2v) is 8.41. The number of fused-ring (bicyclic) bond motifs is 1. The lowest BCUT2D eigenvalue weighted by Gasteiger charge is -2.09. The predicted octanol–water partition coefficient (Wildman–Crippen LogP) is 3.48. The van der Waals surface area contributed by atoms with Crippen LogP contribution in [0.1, 0.15) is 51.4 Å². The largest absolute Gasteiger partial charge is 0.471 e. The Kier molecular flexibility index (Phi) is 8.94. The van der Waals surface area contributed by atoms with Crippen LogP contribution in [0.15, 0.2) is 0 Å². The normalized spacial score (nSPS) is 26.3. The maximum Gasteiger partial charge on any atom is 0.471 e. The Labute approximate surface area is 155 Å². The minimum absolute atomic E-state index is 0.186. The number of unbranched alkanes of at least 4 members (excludes halogenated alkanes) is 3. The predicted molar refractivity (Wildman–Crippen MR) is 97.3 cm³/mol. The number of phosphoric ester groups is 1. The molecule has 0 aromatic rings. The fourth-order valence-electron chi connectivity index (χ4n) is 3.51. The SMILES string of the molecule is COP(=O)(O)OCCCCCCNC(=O)OCC1C2CCC#CCCC21. The van der Waals surface area contributed by atoms with E-state index in [9.17, 15) is 9.36 Å². The molecule has 148 valence electrons. The summed E-state index contributed by atoms with van der Waals surface area (Å²) in [6.07, 6.45) is 7.12. The Morgan fingerprint density at radius 2 is 1.81 bits per heavy atom. The molecule has 1 amide bonds. The van der Waals surface area contributed by atoms with E-state index in [2.05, 4.69) is 21.7 Å². The molecule has 0 aromatic carbocycles. The summed E-state index contributed by atoms with van der Waals surface area (Å²) in [5.74, 6) is 8.25. The van der Waals surface area contributed by atoms with Crippen molar-refractivity contribution >= 4 is 13.9 Å². The Morgan fingerprint density at radius 3 is 2.46 bits per heavy atom. The minimum Gasteiger partial charge on any atom is -0.449 e. The molecule has 26 heavy (non-hydrogen) atoms. The van der Waals surface area contributed by atoms with Gasteiger partial charge in [0, 0.05) is 26.5 Å². The second kappa shape index (κ2) is 10.9. The Balaban J connectivity index is 1.42. The van der Waals surface area contributed by atoms with Crippen LogP contribution < -0.4 is 5.32 Å². The van der Waals surface area contributed by atoms with Gasteiger partial charge in [-0.1, -0.05) is 12.8 Å². The number of nitrogens with one attached hydrogen (secondary N) is 1. The lowest BCUT2D eigenvalue weighted by Crippen LogP contribution is -2.26. The van der Waals surface area contributed by atoms with E-state index in [1.165, 1.54) is 0 Å². The molecule has 3 unspecified atom stereocenters. The fourth-order valence-corrected chi connectivity index (χ4v) is 3.97. The number of alkyl carbamates (subject to hydrolysis) is 1. The highest BCUT2D eigenvalue weighted by molar-refractivity contribution is 7.47. The van der Waals surface area contributed by atoms with Crippen molar-refractivity contribution in [3.8, 4) is 11.8 Å². The van der Waals surface area contributed by atoms with Crippen molar-refractivity contribution in [2.75, 3.05) is 26.9 Å². The molecule has 1 fully saturated rings. The van der Waals surface area contributed by atoms with Gasteiger partial charge in [-0.25, -0.2) is 9.36 Å². The molecule has 0 aromatic heterocycles. The third-order valence-corrected chi connectivity index (χ3v) is 6.04. The first-order chi connectivity index (χ1) is 12.5. The summed E-state index contributed by atoms with van der Waals surface area (Å²) in [5, 5.41) is 2.77. The second-order valence-electron chi connectivity index (χ2n) is 6.85. The highest BCUT2D eigenvalue weighted by atomic mass is 31.2. The molecule has 2 aliphatic carbocycles. The smallest absolute Gasteiger partial charge is 0.449 e. The average molecular weight is 387 g/mol. The highest BCUT2D eigenvalue weighted by Crippen LogP contribution is 2.52. The van der Waals surface area contributed by atoms with E-state index in [0.717, 1.165) is 52.1 Å². The summed E-state index contributed by atoms with van der Waals surface area (Å²) < 4.78 is 25.5. The Bertz CT molecular complexity index is 540. The van der Waals surface area contributed by atoms with Gasteiger partial charge in [0.05, 0.1) is 13.2 Å². The van der Waals surface area contributed by atoms with E-state index >= 15 is 0 Å². The van der Waals surface area contributed by atoms with Crippen molar-refractivity contribution in [3.05, 3.63) is 0 Å². The fraction of sp³-hybridized carbons (Fsp3) is 0.833. The van der Waals surface area contributed by atoms with Gasteiger partial charge in [0.1, 0.15) is 0 Å². The van der Waals surface area contributed by atoms with Crippen LogP contribution in [0.4, 0.5) is 4.79 Å². The van der Waals surface area contributed by atoms with Crippen LogP contribution in [-0.2, 0) is 18.3 Å². The molecule has 0 heterocycles. The zero-order valence-electron chi connectivity index (χ0n) is 15.4. The molecule has 8 heteroatoms. The van der Waals surface area contributed by atoms with Crippen LogP contribution in [0.5, 0.6) is 0 Å². The van der Waals surface area contributed by atoms with Gasteiger partial charge < -0.3 is 14.9 Å². The number of carbonyl (C=O) groups excluding carboxylic acids is 1. The first-order valence-electron chi connectivity index (χ1n) is 9.43. The molecule has 0 saturated heterocycles. The van der Waals surface area contributed by atoms with Gasteiger partial charge in [0.25, 0.3) is 0 Å². The molecule has 7 nitrogen and oxygen atoms in total. The van der Waals surface area contributed by atoms with E-state index in [4.69, 9.17) is 14.2 Å². The monoisotopic (exact) mass is 387 g/mol. The van der Waals surface area contributed by atoms with Gasteiger partial charge in [0.2, 0.25) is 0 Å². The molecule has 1 saturated carbocycles. The number of hydrogen-bond acceptors (Lipinski definition) is 5.